The second-order valence-electron chi connectivity index (χ2n) is 3.93. The minimum absolute atomic E-state index is 0.0929. The maximum Gasteiger partial charge on any atom is 0.267 e. The van der Waals surface area contributed by atoms with Gasteiger partial charge in [0.2, 0.25) is 0 Å². The van der Waals surface area contributed by atoms with Crippen molar-refractivity contribution in [1.82, 2.24) is 10.2 Å². The van der Waals surface area contributed by atoms with Gasteiger partial charge in [-0.3, -0.25) is 9.89 Å². The first-order valence-corrected chi connectivity index (χ1v) is 5.09. The average molecular weight is 180 g/mol. The van der Waals surface area contributed by atoms with E-state index in [0.717, 1.165) is 36.4 Å². The summed E-state index contributed by atoms with van der Waals surface area (Å²) in [4.78, 5) is 11.4. The molecule has 1 heterocycles. The van der Waals surface area contributed by atoms with Crippen molar-refractivity contribution >= 4 is 0 Å². The Balaban J connectivity index is 2.17. The van der Waals surface area contributed by atoms with Gasteiger partial charge in [0.25, 0.3) is 5.56 Å². The molecule has 1 aromatic rings. The number of nitrogens with one attached hydrogen (secondary N) is 2. The smallest absolute Gasteiger partial charge is 0.267 e. The Labute approximate surface area is 77.5 Å². The maximum atomic E-state index is 11.4. The summed E-state index contributed by atoms with van der Waals surface area (Å²) in [5.41, 5.74) is 2.22. The van der Waals surface area contributed by atoms with Gasteiger partial charge in [-0.25, -0.2) is 0 Å². The van der Waals surface area contributed by atoms with E-state index in [0.29, 0.717) is 0 Å². The van der Waals surface area contributed by atoms with E-state index in [2.05, 4.69) is 17.1 Å². The normalized spacial score (nSPS) is 16.4. The molecule has 1 aliphatic carbocycles. The molecule has 0 atom stereocenters. The van der Waals surface area contributed by atoms with Gasteiger partial charge in [0.1, 0.15) is 0 Å². The number of rotatable bonds is 4. The van der Waals surface area contributed by atoms with Gasteiger partial charge in [0.05, 0.1) is 0 Å². The van der Waals surface area contributed by atoms with Crippen molar-refractivity contribution in [2.24, 2.45) is 5.92 Å². The fourth-order valence-corrected chi connectivity index (χ4v) is 1.71. The lowest BCUT2D eigenvalue weighted by atomic mass is 10.1. The number of hydrogen-bond acceptors (Lipinski definition) is 1. The zero-order chi connectivity index (χ0) is 9.26. The van der Waals surface area contributed by atoms with Crippen molar-refractivity contribution in [3.8, 4) is 0 Å². The highest BCUT2D eigenvalue weighted by Gasteiger charge is 2.24. The predicted molar refractivity (Wildman–Crippen MR) is 51.8 cm³/mol. The van der Waals surface area contributed by atoms with Crippen LogP contribution < -0.4 is 5.56 Å². The molecule has 0 spiro atoms. The Morgan fingerprint density at radius 1 is 1.38 bits per heavy atom. The molecule has 0 amide bonds. The van der Waals surface area contributed by atoms with E-state index in [9.17, 15) is 4.79 Å². The zero-order valence-corrected chi connectivity index (χ0v) is 8.02. The number of aromatic amines is 2. The highest BCUT2D eigenvalue weighted by atomic mass is 16.1. The maximum absolute atomic E-state index is 11.4. The Morgan fingerprint density at radius 3 is 2.77 bits per heavy atom. The summed E-state index contributed by atoms with van der Waals surface area (Å²) in [7, 11) is 0. The Hall–Kier alpha value is -0.990. The van der Waals surface area contributed by atoms with Gasteiger partial charge in [0, 0.05) is 11.3 Å². The van der Waals surface area contributed by atoms with Gasteiger partial charge in [0.15, 0.2) is 0 Å². The van der Waals surface area contributed by atoms with E-state index in [1.807, 2.05) is 0 Å². The first-order valence-electron chi connectivity index (χ1n) is 5.09. The van der Waals surface area contributed by atoms with Crippen LogP contribution in [-0.2, 0) is 12.8 Å². The Bertz CT molecular complexity index is 333. The van der Waals surface area contributed by atoms with E-state index >= 15 is 0 Å². The van der Waals surface area contributed by atoms with Crippen LogP contribution in [0.2, 0.25) is 0 Å². The monoisotopic (exact) mass is 180 g/mol. The third-order valence-corrected chi connectivity index (χ3v) is 2.66. The Kier molecular flexibility index (Phi) is 2.25. The lowest BCUT2D eigenvalue weighted by Crippen LogP contribution is -2.07. The summed E-state index contributed by atoms with van der Waals surface area (Å²) >= 11 is 0. The van der Waals surface area contributed by atoms with E-state index in [-0.39, 0.29) is 5.56 Å². The summed E-state index contributed by atoms with van der Waals surface area (Å²) in [5.74, 6) is 0.785. The van der Waals surface area contributed by atoms with Crippen molar-refractivity contribution < 1.29 is 0 Å². The van der Waals surface area contributed by atoms with Crippen LogP contribution in [0.1, 0.15) is 37.4 Å². The molecule has 0 bridgehead atoms. The summed E-state index contributed by atoms with van der Waals surface area (Å²) < 4.78 is 0. The van der Waals surface area contributed by atoms with Crippen molar-refractivity contribution in [3.05, 3.63) is 21.6 Å². The number of H-pyrrole nitrogens is 2. The lowest BCUT2D eigenvalue weighted by molar-refractivity contribution is 0.795. The van der Waals surface area contributed by atoms with Crippen molar-refractivity contribution in [3.63, 3.8) is 0 Å². The quantitative estimate of drug-likeness (QED) is 0.726. The standard InChI is InChI=1S/C10H16N2O/c1-2-3-9-8(6-7-4-5-7)10(13)12-11-9/h7H,2-6H2,1H3,(H2,11,12,13). The fourth-order valence-electron chi connectivity index (χ4n) is 1.71. The molecule has 13 heavy (non-hydrogen) atoms. The molecule has 1 aromatic heterocycles. The van der Waals surface area contributed by atoms with Crippen LogP contribution in [-0.4, -0.2) is 10.2 Å². The van der Waals surface area contributed by atoms with Crippen LogP contribution in [0, 0.1) is 5.92 Å². The van der Waals surface area contributed by atoms with E-state index in [1.165, 1.54) is 12.8 Å². The second kappa shape index (κ2) is 3.40. The predicted octanol–water partition coefficient (Wildman–Crippen LogP) is 1.61. The van der Waals surface area contributed by atoms with Gasteiger partial charge in [-0.2, -0.15) is 0 Å². The molecule has 3 nitrogen and oxygen atoms in total. The van der Waals surface area contributed by atoms with Gasteiger partial charge in [-0.05, 0) is 31.6 Å². The molecule has 2 N–H and O–H groups in total. The highest BCUT2D eigenvalue weighted by Crippen LogP contribution is 2.32. The molecule has 0 radical (unpaired) electrons. The molecular weight excluding hydrogens is 164 g/mol. The van der Waals surface area contributed by atoms with Gasteiger partial charge in [-0.15, -0.1) is 0 Å². The van der Waals surface area contributed by atoms with E-state index in [1.54, 1.807) is 0 Å². The molecule has 2 rings (SSSR count). The van der Waals surface area contributed by atoms with Crippen LogP contribution in [0.5, 0.6) is 0 Å². The minimum atomic E-state index is 0.0929. The van der Waals surface area contributed by atoms with Crippen LogP contribution in [0.3, 0.4) is 0 Å². The summed E-state index contributed by atoms with van der Waals surface area (Å²) in [5, 5.41) is 5.65. The summed E-state index contributed by atoms with van der Waals surface area (Å²) in [6.45, 7) is 2.13. The van der Waals surface area contributed by atoms with Crippen LogP contribution in [0.25, 0.3) is 0 Å². The summed E-state index contributed by atoms with van der Waals surface area (Å²) in [6, 6.07) is 0. The summed E-state index contributed by atoms with van der Waals surface area (Å²) in [6.07, 6.45) is 5.66. The largest absolute Gasteiger partial charge is 0.302 e. The molecule has 3 heteroatoms. The first-order chi connectivity index (χ1) is 6.31. The third kappa shape index (κ3) is 1.85. The molecule has 1 fully saturated rings. The topological polar surface area (TPSA) is 48.6 Å². The molecule has 0 unspecified atom stereocenters. The Morgan fingerprint density at radius 2 is 2.15 bits per heavy atom. The minimum Gasteiger partial charge on any atom is -0.302 e. The van der Waals surface area contributed by atoms with Gasteiger partial charge >= 0.3 is 0 Å². The zero-order valence-electron chi connectivity index (χ0n) is 8.02. The van der Waals surface area contributed by atoms with Crippen LogP contribution in [0.4, 0.5) is 0 Å². The van der Waals surface area contributed by atoms with Crippen molar-refractivity contribution in [1.29, 1.82) is 0 Å². The lowest BCUT2D eigenvalue weighted by Gasteiger charge is -1.98. The fraction of sp³-hybridized carbons (Fsp3) is 0.700. The van der Waals surface area contributed by atoms with Crippen molar-refractivity contribution in [2.75, 3.05) is 0 Å². The average Bonchev–Trinajstić information content (AvgIpc) is 2.86. The third-order valence-electron chi connectivity index (χ3n) is 2.66. The molecule has 1 aliphatic rings. The van der Waals surface area contributed by atoms with Gasteiger partial charge < -0.3 is 5.10 Å². The first kappa shape index (κ1) is 8.60. The van der Waals surface area contributed by atoms with E-state index in [4.69, 9.17) is 0 Å². The molecule has 0 saturated heterocycles. The molecular formula is C10H16N2O. The molecule has 72 valence electrons. The number of aryl methyl sites for hydroxylation is 1. The SMILES string of the molecule is CCCc1[nH][nH]c(=O)c1CC1CC1. The van der Waals surface area contributed by atoms with E-state index < -0.39 is 0 Å². The highest BCUT2D eigenvalue weighted by molar-refractivity contribution is 5.18. The van der Waals surface area contributed by atoms with Crippen molar-refractivity contribution in [2.45, 2.75) is 39.0 Å². The van der Waals surface area contributed by atoms with Crippen LogP contribution in [0.15, 0.2) is 4.79 Å². The second-order valence-corrected chi connectivity index (χ2v) is 3.93. The molecule has 0 aliphatic heterocycles. The number of hydrogen-bond donors (Lipinski definition) is 2. The number of aromatic nitrogens is 2. The molecule has 0 aromatic carbocycles. The van der Waals surface area contributed by atoms with Gasteiger partial charge in [-0.1, -0.05) is 13.3 Å². The molecule has 1 saturated carbocycles. The van der Waals surface area contributed by atoms with Crippen LogP contribution >= 0.6 is 0 Å².